The van der Waals surface area contributed by atoms with Crippen molar-refractivity contribution in [1.82, 2.24) is 5.43 Å². The quantitative estimate of drug-likeness (QED) is 0.312. The van der Waals surface area contributed by atoms with Crippen molar-refractivity contribution in [3.63, 3.8) is 0 Å². The van der Waals surface area contributed by atoms with Gasteiger partial charge in [0.2, 0.25) is 5.91 Å². The zero-order chi connectivity index (χ0) is 26.1. The molecule has 0 aliphatic heterocycles. The van der Waals surface area contributed by atoms with Gasteiger partial charge in [0.25, 0.3) is 5.91 Å². The van der Waals surface area contributed by atoms with E-state index in [0.717, 1.165) is 80.8 Å². The summed E-state index contributed by atoms with van der Waals surface area (Å²) >= 11 is 0. The van der Waals surface area contributed by atoms with Crippen molar-refractivity contribution in [2.75, 3.05) is 5.32 Å². The number of amides is 2. The van der Waals surface area contributed by atoms with E-state index in [1.807, 2.05) is 57.2 Å². The molecule has 2 amide bonds. The lowest BCUT2D eigenvalue weighted by Crippen LogP contribution is -2.23. The van der Waals surface area contributed by atoms with Gasteiger partial charge >= 0.3 is 0 Å². The van der Waals surface area contributed by atoms with Crippen LogP contribution < -0.4 is 10.7 Å². The number of furan rings is 2. The van der Waals surface area contributed by atoms with Crippen LogP contribution in [0.3, 0.4) is 0 Å². The molecule has 0 spiro atoms. The summed E-state index contributed by atoms with van der Waals surface area (Å²) in [7, 11) is 0. The van der Waals surface area contributed by atoms with Crippen molar-refractivity contribution < 1.29 is 18.4 Å². The minimum absolute atomic E-state index is 0.161. The number of carbonyl (C=O) groups excluding carboxylic acids is 2. The van der Waals surface area contributed by atoms with Crippen LogP contribution in [0.25, 0.3) is 11.0 Å². The molecule has 0 unspecified atom stereocenters. The molecule has 2 aromatic heterocycles. The SMILES string of the molecule is CCc1ccccc1NC(=O)c1oc2c(c1C)/C(=N/NC(=O)Cc1coc3c(C)c(C)ccc13)CCC2. The number of nitrogens with one attached hydrogen (secondary N) is 2. The molecule has 4 aromatic rings. The molecular formula is C30H31N3O4. The monoisotopic (exact) mass is 497 g/mol. The zero-order valence-corrected chi connectivity index (χ0v) is 21.7. The van der Waals surface area contributed by atoms with E-state index < -0.39 is 0 Å². The van der Waals surface area contributed by atoms with Crippen LogP contribution in [0, 0.1) is 20.8 Å². The first-order valence-corrected chi connectivity index (χ1v) is 12.7. The number of hydrogen-bond acceptors (Lipinski definition) is 5. The van der Waals surface area contributed by atoms with Gasteiger partial charge in [0.05, 0.1) is 18.4 Å². The second-order valence-electron chi connectivity index (χ2n) is 9.59. The molecule has 1 aliphatic carbocycles. The van der Waals surface area contributed by atoms with E-state index in [2.05, 4.69) is 22.8 Å². The number of nitrogens with zero attached hydrogens (tertiary/aromatic N) is 1. The van der Waals surface area contributed by atoms with E-state index >= 15 is 0 Å². The van der Waals surface area contributed by atoms with Crippen LogP contribution in [-0.2, 0) is 24.1 Å². The van der Waals surface area contributed by atoms with Gasteiger partial charge in [-0.3, -0.25) is 9.59 Å². The molecule has 0 radical (unpaired) electrons. The highest BCUT2D eigenvalue weighted by Crippen LogP contribution is 2.31. The molecule has 2 N–H and O–H groups in total. The largest absolute Gasteiger partial charge is 0.464 e. The summed E-state index contributed by atoms with van der Waals surface area (Å²) in [6.45, 7) is 7.97. The van der Waals surface area contributed by atoms with E-state index in [4.69, 9.17) is 8.83 Å². The second kappa shape index (κ2) is 10.1. The van der Waals surface area contributed by atoms with Gasteiger partial charge in [-0.15, -0.1) is 0 Å². The van der Waals surface area contributed by atoms with Gasteiger partial charge in [0.15, 0.2) is 5.76 Å². The molecule has 190 valence electrons. The molecule has 2 heterocycles. The first-order valence-electron chi connectivity index (χ1n) is 12.7. The number of anilines is 1. The van der Waals surface area contributed by atoms with Gasteiger partial charge < -0.3 is 14.2 Å². The predicted molar refractivity (Wildman–Crippen MR) is 144 cm³/mol. The maximum Gasteiger partial charge on any atom is 0.291 e. The Hall–Kier alpha value is -4.13. The van der Waals surface area contributed by atoms with E-state index in [0.29, 0.717) is 6.42 Å². The van der Waals surface area contributed by atoms with Crippen LogP contribution in [0.4, 0.5) is 5.69 Å². The fourth-order valence-electron chi connectivity index (χ4n) is 4.99. The normalized spacial score (nSPS) is 14.1. The van der Waals surface area contributed by atoms with Crippen molar-refractivity contribution in [2.45, 2.75) is 59.8 Å². The van der Waals surface area contributed by atoms with Gasteiger partial charge in [0.1, 0.15) is 11.3 Å². The van der Waals surface area contributed by atoms with Gasteiger partial charge in [-0.1, -0.05) is 37.3 Å². The van der Waals surface area contributed by atoms with Crippen LogP contribution in [0.1, 0.15) is 69.5 Å². The smallest absolute Gasteiger partial charge is 0.291 e. The molecule has 7 nitrogen and oxygen atoms in total. The Balaban J connectivity index is 1.34. The number of carbonyl (C=O) groups is 2. The maximum atomic E-state index is 13.1. The van der Waals surface area contributed by atoms with E-state index in [-0.39, 0.29) is 24.0 Å². The van der Waals surface area contributed by atoms with Crippen molar-refractivity contribution in [2.24, 2.45) is 5.10 Å². The third-order valence-electron chi connectivity index (χ3n) is 7.19. The Labute approximate surface area is 215 Å². The zero-order valence-electron chi connectivity index (χ0n) is 21.7. The lowest BCUT2D eigenvalue weighted by molar-refractivity contribution is -0.120. The molecule has 2 aromatic carbocycles. The number of hydrogen-bond donors (Lipinski definition) is 2. The lowest BCUT2D eigenvalue weighted by Gasteiger charge is -2.13. The van der Waals surface area contributed by atoms with E-state index in [1.54, 1.807) is 6.26 Å². The number of hydrazone groups is 1. The highest BCUT2D eigenvalue weighted by Gasteiger charge is 2.28. The number of para-hydroxylation sites is 1. The Bertz CT molecular complexity index is 1540. The summed E-state index contributed by atoms with van der Waals surface area (Å²) in [6, 6.07) is 11.8. The number of benzene rings is 2. The number of aryl methyl sites for hydroxylation is 4. The second-order valence-corrected chi connectivity index (χ2v) is 9.59. The molecule has 37 heavy (non-hydrogen) atoms. The highest BCUT2D eigenvalue weighted by atomic mass is 16.4. The van der Waals surface area contributed by atoms with Crippen LogP contribution in [0.15, 0.2) is 56.6 Å². The van der Waals surface area contributed by atoms with Crippen molar-refractivity contribution in [3.05, 3.63) is 87.6 Å². The van der Waals surface area contributed by atoms with Crippen molar-refractivity contribution >= 4 is 34.2 Å². The Morgan fingerprint density at radius 2 is 1.81 bits per heavy atom. The summed E-state index contributed by atoms with van der Waals surface area (Å²) in [5, 5.41) is 8.39. The molecule has 7 heteroatoms. The van der Waals surface area contributed by atoms with E-state index in [1.165, 1.54) is 0 Å². The fourth-order valence-corrected chi connectivity index (χ4v) is 4.99. The van der Waals surface area contributed by atoms with Crippen LogP contribution in [0.5, 0.6) is 0 Å². The van der Waals surface area contributed by atoms with Crippen LogP contribution >= 0.6 is 0 Å². The van der Waals surface area contributed by atoms with Crippen LogP contribution in [0.2, 0.25) is 0 Å². The fraction of sp³-hybridized carbons (Fsp3) is 0.300. The minimum Gasteiger partial charge on any atom is -0.464 e. The molecule has 0 fully saturated rings. The molecule has 0 atom stereocenters. The molecule has 0 bridgehead atoms. The lowest BCUT2D eigenvalue weighted by atomic mass is 9.93. The first kappa shape index (κ1) is 24.6. The molecule has 0 saturated heterocycles. The molecular weight excluding hydrogens is 466 g/mol. The summed E-state index contributed by atoms with van der Waals surface area (Å²) in [5.74, 6) is 0.508. The third-order valence-corrected chi connectivity index (χ3v) is 7.19. The average molecular weight is 498 g/mol. The van der Waals surface area contributed by atoms with Gasteiger partial charge in [-0.25, -0.2) is 5.43 Å². The molecule has 5 rings (SSSR count). The Morgan fingerprint density at radius 3 is 2.62 bits per heavy atom. The Kier molecular flexibility index (Phi) is 6.70. The number of rotatable bonds is 6. The van der Waals surface area contributed by atoms with Crippen LogP contribution in [-0.4, -0.2) is 17.5 Å². The van der Waals surface area contributed by atoms with Gasteiger partial charge in [0, 0.05) is 34.2 Å². The summed E-state index contributed by atoms with van der Waals surface area (Å²) < 4.78 is 11.8. The van der Waals surface area contributed by atoms with Crippen molar-refractivity contribution in [1.29, 1.82) is 0 Å². The minimum atomic E-state index is -0.284. The predicted octanol–water partition coefficient (Wildman–Crippen LogP) is 6.17. The number of fused-ring (bicyclic) bond motifs is 2. The maximum absolute atomic E-state index is 13.1. The van der Waals surface area contributed by atoms with Crippen molar-refractivity contribution in [3.8, 4) is 0 Å². The standard InChI is InChI=1S/C30H31N3O4/c1-5-20-9-6-7-10-23(20)31-30(35)29-19(4)27-24(11-8-12-25(27)37-29)32-33-26(34)15-21-16-36-28-18(3)17(2)13-14-22(21)28/h6-7,9-10,13-14,16H,5,8,11-12,15H2,1-4H3,(H,31,35)(H,33,34)/b32-24+. The van der Waals surface area contributed by atoms with Gasteiger partial charge in [-0.2, -0.15) is 5.10 Å². The summed E-state index contributed by atoms with van der Waals surface area (Å²) in [6.07, 6.45) is 4.87. The summed E-state index contributed by atoms with van der Waals surface area (Å²) in [5.41, 5.74) is 10.7. The molecule has 0 saturated carbocycles. The average Bonchev–Trinajstić information content (AvgIpc) is 3.46. The third kappa shape index (κ3) is 4.69. The van der Waals surface area contributed by atoms with E-state index in [9.17, 15) is 9.59 Å². The summed E-state index contributed by atoms with van der Waals surface area (Å²) in [4.78, 5) is 25.9. The Morgan fingerprint density at radius 1 is 1.00 bits per heavy atom. The van der Waals surface area contributed by atoms with Gasteiger partial charge in [-0.05, 0) is 62.8 Å². The molecule has 1 aliphatic rings. The first-order chi connectivity index (χ1) is 17.9. The highest BCUT2D eigenvalue weighted by molar-refractivity contribution is 6.09. The topological polar surface area (TPSA) is 96.8 Å².